The highest BCUT2D eigenvalue weighted by Crippen LogP contribution is 2.42. The molecule has 1 aliphatic heterocycles. The molecule has 1 unspecified atom stereocenters. The Morgan fingerprint density at radius 2 is 1.85 bits per heavy atom. The molecule has 1 amide bonds. The van der Waals surface area contributed by atoms with Crippen LogP contribution in [0.5, 0.6) is 17.2 Å². The minimum absolute atomic E-state index is 0.0937. The van der Waals surface area contributed by atoms with Gasteiger partial charge < -0.3 is 29.6 Å². The van der Waals surface area contributed by atoms with E-state index >= 15 is 0 Å². The zero-order chi connectivity index (χ0) is 27.7. The molecule has 1 aliphatic rings. The van der Waals surface area contributed by atoms with E-state index in [1.807, 2.05) is 24.4 Å². The summed E-state index contributed by atoms with van der Waals surface area (Å²) >= 11 is 0. The van der Waals surface area contributed by atoms with Crippen molar-refractivity contribution in [1.29, 1.82) is 0 Å². The number of amides is 1. The quantitative estimate of drug-likeness (QED) is 0.166. The van der Waals surface area contributed by atoms with Crippen molar-refractivity contribution in [3.05, 3.63) is 94.9 Å². The number of H-pyrrole nitrogens is 1. The predicted molar refractivity (Wildman–Crippen MR) is 143 cm³/mol. The number of aliphatic hydroxyl groups excluding tert-OH is 1. The summed E-state index contributed by atoms with van der Waals surface area (Å²) in [4.78, 5) is 31.3. The monoisotopic (exact) mass is 530 g/mol. The van der Waals surface area contributed by atoms with Crippen molar-refractivity contribution in [3.63, 3.8) is 0 Å². The number of nitrogens with one attached hydrogen (secondary N) is 1. The minimum atomic E-state index is -0.963. The average Bonchev–Trinajstić information content (AvgIpc) is 3.46. The number of phenols is 1. The van der Waals surface area contributed by atoms with Crippen molar-refractivity contribution >= 4 is 28.4 Å². The number of benzene rings is 3. The van der Waals surface area contributed by atoms with Crippen molar-refractivity contribution in [3.8, 4) is 17.2 Å². The van der Waals surface area contributed by atoms with Crippen molar-refractivity contribution in [2.45, 2.75) is 19.4 Å². The number of halogens is 1. The maximum atomic E-state index is 13.5. The summed E-state index contributed by atoms with van der Waals surface area (Å²) in [7, 11) is 1.59. The molecule has 1 fully saturated rings. The number of aliphatic hydroxyl groups is 1. The highest BCUT2D eigenvalue weighted by molar-refractivity contribution is 6.46. The Morgan fingerprint density at radius 1 is 1.08 bits per heavy atom. The smallest absolute Gasteiger partial charge is 0.295 e. The van der Waals surface area contributed by atoms with Crippen molar-refractivity contribution in [2.75, 3.05) is 20.3 Å². The highest BCUT2D eigenvalue weighted by atomic mass is 19.1. The third kappa shape index (κ3) is 4.79. The second kappa shape index (κ2) is 10.5. The van der Waals surface area contributed by atoms with E-state index in [9.17, 15) is 24.2 Å². The molecule has 1 aromatic heterocycles. The Balaban J connectivity index is 1.58. The van der Waals surface area contributed by atoms with Crippen LogP contribution in [0.3, 0.4) is 0 Å². The van der Waals surface area contributed by atoms with Gasteiger partial charge in [0.15, 0.2) is 11.5 Å². The summed E-state index contributed by atoms with van der Waals surface area (Å²) in [5, 5.41) is 22.4. The van der Waals surface area contributed by atoms with Gasteiger partial charge in [0.1, 0.15) is 17.3 Å². The Morgan fingerprint density at radius 3 is 2.56 bits per heavy atom. The largest absolute Gasteiger partial charge is 0.507 e. The van der Waals surface area contributed by atoms with Crippen LogP contribution in [-0.4, -0.2) is 52.0 Å². The molecular formula is C30H27FN2O6. The number of rotatable bonds is 8. The first-order valence-corrected chi connectivity index (χ1v) is 12.5. The summed E-state index contributed by atoms with van der Waals surface area (Å²) in [6.07, 6.45) is 2.26. The molecule has 0 bridgehead atoms. The highest BCUT2D eigenvalue weighted by Gasteiger charge is 2.46. The van der Waals surface area contributed by atoms with E-state index in [2.05, 4.69) is 4.98 Å². The average molecular weight is 531 g/mol. The molecule has 4 aromatic rings. The number of aromatic nitrogens is 1. The van der Waals surface area contributed by atoms with Gasteiger partial charge in [-0.15, -0.1) is 0 Å². The number of nitrogens with zero attached hydrogens (tertiary/aromatic N) is 1. The van der Waals surface area contributed by atoms with Gasteiger partial charge in [-0.3, -0.25) is 9.59 Å². The lowest BCUT2D eigenvalue weighted by atomic mass is 9.94. The fourth-order valence-electron chi connectivity index (χ4n) is 4.92. The van der Waals surface area contributed by atoms with E-state index in [0.29, 0.717) is 17.7 Å². The number of hydrogen-bond acceptors (Lipinski definition) is 6. The first kappa shape index (κ1) is 25.8. The third-order valence-corrected chi connectivity index (χ3v) is 6.85. The summed E-state index contributed by atoms with van der Waals surface area (Å²) < 4.78 is 24.4. The maximum Gasteiger partial charge on any atom is 0.295 e. The van der Waals surface area contributed by atoms with E-state index in [1.165, 1.54) is 35.2 Å². The molecular weight excluding hydrogens is 503 g/mol. The number of Topliss-reactive ketones (excluding diaryl/α,β-unsaturated/α-hetero) is 1. The third-order valence-electron chi connectivity index (χ3n) is 6.85. The summed E-state index contributed by atoms with van der Waals surface area (Å²) in [6.45, 7) is 2.21. The van der Waals surface area contributed by atoms with Crippen LogP contribution < -0.4 is 9.47 Å². The minimum Gasteiger partial charge on any atom is -0.507 e. The number of carbonyl (C=O) groups is 2. The van der Waals surface area contributed by atoms with Crippen LogP contribution in [0, 0.1) is 5.82 Å². The fraction of sp³-hybridized carbons (Fsp3) is 0.200. The number of fused-ring (bicyclic) bond motifs is 1. The van der Waals surface area contributed by atoms with Gasteiger partial charge in [-0.25, -0.2) is 4.39 Å². The molecule has 1 saturated heterocycles. The molecule has 0 spiro atoms. The number of phenolic OH excluding ortho intramolecular Hbond substituents is 1. The van der Waals surface area contributed by atoms with Crippen LogP contribution in [0.1, 0.15) is 29.7 Å². The van der Waals surface area contributed by atoms with Crippen LogP contribution >= 0.6 is 0 Å². The molecule has 9 heteroatoms. The molecule has 200 valence electrons. The van der Waals surface area contributed by atoms with E-state index in [4.69, 9.17) is 9.47 Å². The van der Waals surface area contributed by atoms with Crippen LogP contribution in [0.25, 0.3) is 16.7 Å². The van der Waals surface area contributed by atoms with E-state index in [-0.39, 0.29) is 35.8 Å². The van der Waals surface area contributed by atoms with Crippen LogP contribution in [-0.2, 0) is 16.0 Å². The number of likely N-dealkylation sites (tertiary alicyclic amines) is 1. The van der Waals surface area contributed by atoms with Gasteiger partial charge >= 0.3 is 0 Å². The van der Waals surface area contributed by atoms with Crippen molar-refractivity contribution < 1.29 is 33.7 Å². The molecule has 39 heavy (non-hydrogen) atoms. The number of aromatic amines is 1. The number of methoxy groups -OCH3 is 1. The van der Waals surface area contributed by atoms with Crippen LogP contribution in [0.4, 0.5) is 4.39 Å². The van der Waals surface area contributed by atoms with E-state index in [0.717, 1.165) is 16.5 Å². The molecule has 0 saturated carbocycles. The predicted octanol–water partition coefficient (Wildman–Crippen LogP) is 5.08. The maximum absolute atomic E-state index is 13.5. The molecule has 1 atom stereocenters. The topological polar surface area (TPSA) is 112 Å². The number of ketones is 1. The van der Waals surface area contributed by atoms with Gasteiger partial charge in [0, 0.05) is 29.2 Å². The Kier molecular flexibility index (Phi) is 6.98. The molecule has 5 rings (SSSR count). The van der Waals surface area contributed by atoms with E-state index < -0.39 is 29.3 Å². The van der Waals surface area contributed by atoms with E-state index in [1.54, 1.807) is 26.2 Å². The molecule has 0 aliphatic carbocycles. The SMILES string of the molecule is CCOc1cc(C2/C(=C(/O)c3ccc(F)cc3)C(=O)C(=O)N2CCc2c[nH]c3ccc(OC)cc23)ccc1O. The van der Waals surface area contributed by atoms with Crippen molar-refractivity contribution in [2.24, 2.45) is 0 Å². The fourth-order valence-corrected chi connectivity index (χ4v) is 4.92. The molecule has 8 nitrogen and oxygen atoms in total. The van der Waals surface area contributed by atoms with Crippen LogP contribution in [0.15, 0.2) is 72.4 Å². The number of aromatic hydroxyl groups is 1. The first-order chi connectivity index (χ1) is 18.8. The lowest BCUT2D eigenvalue weighted by molar-refractivity contribution is -0.139. The number of hydrogen-bond donors (Lipinski definition) is 3. The summed E-state index contributed by atoms with van der Waals surface area (Å²) in [5.41, 5.74) is 2.37. The zero-order valence-electron chi connectivity index (χ0n) is 21.4. The van der Waals surface area contributed by atoms with Gasteiger partial charge in [-0.2, -0.15) is 0 Å². The second-order valence-electron chi connectivity index (χ2n) is 9.13. The lowest BCUT2D eigenvalue weighted by Gasteiger charge is -2.26. The zero-order valence-corrected chi connectivity index (χ0v) is 21.4. The number of carbonyl (C=O) groups excluding carboxylic acids is 2. The summed E-state index contributed by atoms with van der Waals surface area (Å²) in [6, 6.07) is 14.3. The van der Waals surface area contributed by atoms with Gasteiger partial charge in [0.05, 0.1) is 25.3 Å². The van der Waals surface area contributed by atoms with Gasteiger partial charge in [-0.05, 0) is 79.1 Å². The van der Waals surface area contributed by atoms with Crippen molar-refractivity contribution in [1.82, 2.24) is 9.88 Å². The normalized spacial score (nSPS) is 16.7. The lowest BCUT2D eigenvalue weighted by Crippen LogP contribution is -2.31. The summed E-state index contributed by atoms with van der Waals surface area (Å²) in [5.74, 6) is -1.76. The Labute approximate surface area is 223 Å². The van der Waals surface area contributed by atoms with Crippen LogP contribution in [0.2, 0.25) is 0 Å². The Bertz CT molecular complexity index is 1590. The van der Waals surface area contributed by atoms with Gasteiger partial charge in [-0.1, -0.05) is 6.07 Å². The second-order valence-corrected chi connectivity index (χ2v) is 9.13. The molecule has 3 aromatic carbocycles. The van der Waals surface area contributed by atoms with Gasteiger partial charge in [0.2, 0.25) is 0 Å². The Hall–Kier alpha value is -4.79. The standard InChI is InChI=1S/C30H27FN2O6/c1-3-39-25-14-18(6-11-24(25)34)27-26(28(35)17-4-7-20(31)8-5-17)29(36)30(37)33(27)13-12-19-16-32-23-10-9-21(38-2)15-22(19)23/h4-11,14-16,27,32,34-35H,3,12-13H2,1-2H3/b28-26-. The molecule has 3 N–H and O–H groups in total. The molecule has 2 heterocycles. The van der Waals surface area contributed by atoms with Gasteiger partial charge in [0.25, 0.3) is 11.7 Å². The molecule has 0 radical (unpaired) electrons. The number of ether oxygens (including phenoxy) is 2. The first-order valence-electron chi connectivity index (χ1n) is 12.5.